The summed E-state index contributed by atoms with van der Waals surface area (Å²) in [5.41, 5.74) is 12.4. The Morgan fingerprint density at radius 1 is 1.09 bits per heavy atom. The van der Waals surface area contributed by atoms with E-state index in [1.807, 2.05) is 31.2 Å². The van der Waals surface area contributed by atoms with Crippen LogP contribution in [0.5, 0.6) is 5.75 Å². The van der Waals surface area contributed by atoms with Gasteiger partial charge in [-0.1, -0.05) is 36.4 Å². The number of ether oxygens (including phenoxy) is 1. The fourth-order valence-electron chi connectivity index (χ4n) is 4.47. The topological polar surface area (TPSA) is 85.4 Å². The third-order valence-electron chi connectivity index (χ3n) is 6.13. The normalized spacial score (nSPS) is 15.0. The van der Waals surface area contributed by atoms with E-state index in [0.29, 0.717) is 17.1 Å². The van der Waals surface area contributed by atoms with E-state index >= 15 is 0 Å². The number of carbonyl (C=O) groups is 1. The summed E-state index contributed by atoms with van der Waals surface area (Å²) in [6.07, 6.45) is 3.37. The van der Waals surface area contributed by atoms with Crippen LogP contribution in [0.3, 0.4) is 0 Å². The van der Waals surface area contributed by atoms with E-state index in [-0.39, 0.29) is 12.5 Å². The summed E-state index contributed by atoms with van der Waals surface area (Å²) in [6.45, 7) is 1.98. The van der Waals surface area contributed by atoms with E-state index in [2.05, 4.69) is 41.4 Å². The molecule has 0 saturated carbocycles. The number of nitrogen functional groups attached to an aromatic ring is 1. The quantitative estimate of drug-likeness (QED) is 0.443. The van der Waals surface area contributed by atoms with Gasteiger partial charge in [0.05, 0.1) is 6.42 Å². The highest BCUT2D eigenvalue weighted by Crippen LogP contribution is 2.39. The van der Waals surface area contributed by atoms with Crippen molar-refractivity contribution >= 4 is 22.6 Å². The van der Waals surface area contributed by atoms with E-state index < -0.39 is 5.97 Å². The molecule has 1 aromatic heterocycles. The molecule has 0 fully saturated rings. The highest BCUT2D eigenvalue weighted by atomic mass is 16.5. The van der Waals surface area contributed by atoms with Gasteiger partial charge in [-0.05, 0) is 77.2 Å². The molecule has 0 unspecified atom stereocenters. The van der Waals surface area contributed by atoms with Crippen molar-refractivity contribution < 1.29 is 14.6 Å². The van der Waals surface area contributed by atoms with Gasteiger partial charge >= 0.3 is 5.97 Å². The molecule has 1 aliphatic carbocycles. The lowest BCUT2D eigenvalue weighted by Gasteiger charge is -2.19. The summed E-state index contributed by atoms with van der Waals surface area (Å²) < 4.78 is 6.40. The molecule has 0 aliphatic heterocycles. The number of aromatic nitrogens is 1. The molecular formula is C27H24N2O3. The number of hydrogen-bond acceptors (Lipinski definition) is 4. The summed E-state index contributed by atoms with van der Waals surface area (Å²) >= 11 is 0. The number of rotatable bonds is 5. The summed E-state index contributed by atoms with van der Waals surface area (Å²) in [5.74, 6) is 0.315. The Labute approximate surface area is 186 Å². The lowest BCUT2D eigenvalue weighted by molar-refractivity contribution is -0.136. The van der Waals surface area contributed by atoms with E-state index in [1.54, 1.807) is 6.20 Å². The highest BCUT2D eigenvalue weighted by Gasteiger charge is 2.26. The molecule has 32 heavy (non-hydrogen) atoms. The first-order chi connectivity index (χ1) is 15.5. The minimum absolute atomic E-state index is 0.0538. The Hall–Kier alpha value is -3.86. The van der Waals surface area contributed by atoms with Gasteiger partial charge in [0.1, 0.15) is 17.7 Å². The zero-order valence-corrected chi connectivity index (χ0v) is 17.8. The standard InChI is InChI=1S/C27H24N2O3/c1-16-2-3-21(15-26(30)31)25(12-16)32-24-9-8-17-4-6-19(13-22(17)24)20-7-5-18-10-11-29-27(28)23(18)14-20/h2-7,10-14,24H,8-9,15H2,1H3,(H2,28,29)(H,30,31)/t24-/m1/s1. The van der Waals surface area contributed by atoms with Crippen LogP contribution in [-0.4, -0.2) is 16.1 Å². The van der Waals surface area contributed by atoms with Crippen molar-refractivity contribution in [3.05, 3.63) is 89.1 Å². The second-order valence-electron chi connectivity index (χ2n) is 8.37. The second kappa shape index (κ2) is 8.00. The first-order valence-corrected chi connectivity index (χ1v) is 10.7. The van der Waals surface area contributed by atoms with E-state index in [9.17, 15) is 9.90 Å². The minimum atomic E-state index is -0.863. The predicted molar refractivity (Wildman–Crippen MR) is 126 cm³/mol. The second-order valence-corrected chi connectivity index (χ2v) is 8.37. The molecular weight excluding hydrogens is 400 g/mol. The number of aryl methyl sites for hydroxylation is 2. The van der Waals surface area contributed by atoms with Gasteiger partial charge in [-0.15, -0.1) is 0 Å². The van der Waals surface area contributed by atoms with Crippen LogP contribution in [0.2, 0.25) is 0 Å². The molecule has 1 heterocycles. The van der Waals surface area contributed by atoms with E-state index in [0.717, 1.165) is 45.9 Å². The molecule has 0 amide bonds. The van der Waals surface area contributed by atoms with Crippen LogP contribution >= 0.6 is 0 Å². The number of nitrogens with two attached hydrogens (primary N) is 1. The Morgan fingerprint density at radius 2 is 1.91 bits per heavy atom. The van der Waals surface area contributed by atoms with Crippen molar-refractivity contribution in [2.75, 3.05) is 5.73 Å². The number of carboxylic acids is 1. The summed E-state index contributed by atoms with van der Waals surface area (Å²) in [4.78, 5) is 15.5. The number of anilines is 1. The SMILES string of the molecule is Cc1ccc(CC(=O)O)c(O[C@@H]2CCc3ccc(-c4ccc5ccnc(N)c5c4)cc32)c1. The van der Waals surface area contributed by atoms with Crippen LogP contribution in [0.15, 0.2) is 66.9 Å². The molecule has 3 N–H and O–H groups in total. The number of pyridine rings is 1. The molecule has 5 heteroatoms. The van der Waals surface area contributed by atoms with E-state index in [1.165, 1.54) is 5.56 Å². The Balaban J connectivity index is 1.49. The van der Waals surface area contributed by atoms with Gasteiger partial charge < -0.3 is 15.6 Å². The number of hydrogen-bond donors (Lipinski definition) is 2. The van der Waals surface area contributed by atoms with Gasteiger partial charge in [0.2, 0.25) is 0 Å². The highest BCUT2D eigenvalue weighted by molar-refractivity contribution is 5.94. The molecule has 5 rings (SSSR count). The zero-order chi connectivity index (χ0) is 22.2. The van der Waals surface area contributed by atoms with Crippen molar-refractivity contribution in [2.24, 2.45) is 0 Å². The van der Waals surface area contributed by atoms with Crippen LogP contribution in [-0.2, 0) is 17.6 Å². The molecule has 3 aromatic carbocycles. The number of nitrogens with zero attached hydrogens (tertiary/aromatic N) is 1. The molecule has 4 aromatic rings. The maximum Gasteiger partial charge on any atom is 0.307 e. The first kappa shape index (κ1) is 20.1. The lowest BCUT2D eigenvalue weighted by atomic mass is 9.98. The van der Waals surface area contributed by atoms with Crippen molar-refractivity contribution in [2.45, 2.75) is 32.3 Å². The van der Waals surface area contributed by atoms with Gasteiger partial charge in [0.15, 0.2) is 0 Å². The predicted octanol–water partition coefficient (Wildman–Crippen LogP) is 5.49. The largest absolute Gasteiger partial charge is 0.485 e. The van der Waals surface area contributed by atoms with Crippen LogP contribution in [0, 0.1) is 6.92 Å². The van der Waals surface area contributed by atoms with Crippen molar-refractivity contribution in [1.82, 2.24) is 4.98 Å². The minimum Gasteiger partial charge on any atom is -0.485 e. The smallest absolute Gasteiger partial charge is 0.307 e. The third-order valence-corrected chi connectivity index (χ3v) is 6.13. The molecule has 0 spiro atoms. The molecule has 1 atom stereocenters. The monoisotopic (exact) mass is 424 g/mol. The molecule has 0 saturated heterocycles. The first-order valence-electron chi connectivity index (χ1n) is 10.7. The van der Waals surface area contributed by atoms with Crippen molar-refractivity contribution in [3.63, 3.8) is 0 Å². The molecule has 1 aliphatic rings. The number of carboxylic acid groups (broad SMARTS) is 1. The average molecular weight is 425 g/mol. The molecule has 0 radical (unpaired) electrons. The van der Waals surface area contributed by atoms with Crippen LogP contribution < -0.4 is 10.5 Å². The number of fused-ring (bicyclic) bond motifs is 2. The van der Waals surface area contributed by atoms with Gasteiger partial charge in [0, 0.05) is 17.1 Å². The van der Waals surface area contributed by atoms with Crippen molar-refractivity contribution in [1.29, 1.82) is 0 Å². The Morgan fingerprint density at radius 3 is 2.75 bits per heavy atom. The fourth-order valence-corrected chi connectivity index (χ4v) is 4.47. The Bertz CT molecular complexity index is 1350. The summed E-state index contributed by atoms with van der Waals surface area (Å²) in [7, 11) is 0. The van der Waals surface area contributed by atoms with Gasteiger partial charge in [-0.3, -0.25) is 4.79 Å². The average Bonchev–Trinajstić information content (AvgIpc) is 3.17. The van der Waals surface area contributed by atoms with E-state index in [4.69, 9.17) is 10.5 Å². The van der Waals surface area contributed by atoms with Gasteiger partial charge in [-0.2, -0.15) is 0 Å². The zero-order valence-electron chi connectivity index (χ0n) is 17.8. The van der Waals surface area contributed by atoms with Crippen molar-refractivity contribution in [3.8, 4) is 16.9 Å². The van der Waals surface area contributed by atoms with Gasteiger partial charge in [-0.25, -0.2) is 4.98 Å². The van der Waals surface area contributed by atoms with Crippen LogP contribution in [0.25, 0.3) is 21.9 Å². The fraction of sp³-hybridized carbons (Fsp3) is 0.185. The van der Waals surface area contributed by atoms with Gasteiger partial charge in [0.25, 0.3) is 0 Å². The number of benzene rings is 3. The summed E-state index contributed by atoms with van der Waals surface area (Å²) in [5, 5.41) is 11.3. The molecule has 5 nitrogen and oxygen atoms in total. The lowest BCUT2D eigenvalue weighted by Crippen LogP contribution is -2.08. The third kappa shape index (κ3) is 3.78. The van der Waals surface area contributed by atoms with Crippen LogP contribution in [0.1, 0.15) is 34.8 Å². The number of aliphatic carboxylic acids is 1. The maximum absolute atomic E-state index is 11.3. The molecule has 0 bridgehead atoms. The Kier molecular flexibility index (Phi) is 5.02. The summed E-state index contributed by atoms with van der Waals surface area (Å²) in [6, 6.07) is 20.4. The van der Waals surface area contributed by atoms with Crippen LogP contribution in [0.4, 0.5) is 5.82 Å². The maximum atomic E-state index is 11.3. The molecule has 160 valence electrons.